The number of nitrogens with one attached hydrogen (secondary N) is 1. The van der Waals surface area contributed by atoms with Gasteiger partial charge in [0.1, 0.15) is 5.75 Å². The fourth-order valence-corrected chi connectivity index (χ4v) is 2.82. The zero-order chi connectivity index (χ0) is 18.5. The summed E-state index contributed by atoms with van der Waals surface area (Å²) in [5, 5.41) is 0. The number of pyridine rings is 1. The molecule has 2 aromatic rings. The van der Waals surface area contributed by atoms with E-state index in [0.29, 0.717) is 12.4 Å². The number of alkyl halides is 3. The first-order chi connectivity index (χ1) is 11.7. The highest BCUT2D eigenvalue weighted by Gasteiger charge is 2.28. The molecule has 0 aliphatic carbocycles. The highest BCUT2D eigenvalue weighted by atomic mass is 32.2. The molecule has 0 unspecified atom stereocenters. The van der Waals surface area contributed by atoms with Crippen LogP contribution in [-0.2, 0) is 10.0 Å². The van der Waals surface area contributed by atoms with E-state index in [1.54, 1.807) is 6.92 Å². The lowest BCUT2D eigenvalue weighted by molar-refractivity contribution is -0.154. The van der Waals surface area contributed by atoms with E-state index in [0.717, 1.165) is 12.3 Å². The Bertz CT molecular complexity index is 791. The number of rotatable bonds is 7. The van der Waals surface area contributed by atoms with Gasteiger partial charge in [-0.25, -0.2) is 13.4 Å². The molecular formula is C15H15F3N2O4S. The summed E-state index contributed by atoms with van der Waals surface area (Å²) in [6.45, 7) is 0.789. The first-order valence-electron chi connectivity index (χ1n) is 7.11. The van der Waals surface area contributed by atoms with Crippen molar-refractivity contribution in [2.24, 2.45) is 0 Å². The molecule has 0 spiro atoms. The number of nitrogens with zero attached hydrogens (tertiary/aromatic N) is 1. The predicted molar refractivity (Wildman–Crippen MR) is 84.2 cm³/mol. The molecule has 1 aromatic carbocycles. The minimum absolute atomic E-state index is 0.00773. The number of aromatic nitrogens is 1. The molecule has 2 rings (SSSR count). The zero-order valence-electron chi connectivity index (χ0n) is 13.1. The summed E-state index contributed by atoms with van der Waals surface area (Å²) in [6, 6.07) is 8.19. The van der Waals surface area contributed by atoms with Crippen molar-refractivity contribution in [3.05, 3.63) is 42.6 Å². The van der Waals surface area contributed by atoms with Crippen molar-refractivity contribution < 1.29 is 31.1 Å². The Balaban J connectivity index is 2.04. The normalized spacial score (nSPS) is 11.8. The molecule has 0 aliphatic rings. The Kier molecular flexibility index (Phi) is 5.73. The summed E-state index contributed by atoms with van der Waals surface area (Å²) in [5.41, 5.74) is 0.0910. The van der Waals surface area contributed by atoms with Gasteiger partial charge in [-0.05, 0) is 37.3 Å². The Morgan fingerprint density at radius 1 is 1.08 bits per heavy atom. The maximum Gasteiger partial charge on any atom is 0.422 e. The van der Waals surface area contributed by atoms with Crippen molar-refractivity contribution in [2.75, 3.05) is 17.9 Å². The van der Waals surface area contributed by atoms with Gasteiger partial charge >= 0.3 is 6.18 Å². The molecule has 1 aromatic heterocycles. The van der Waals surface area contributed by atoms with Gasteiger partial charge in [0, 0.05) is 6.07 Å². The monoisotopic (exact) mass is 376 g/mol. The van der Waals surface area contributed by atoms with Crippen LogP contribution < -0.4 is 14.2 Å². The van der Waals surface area contributed by atoms with Crippen LogP contribution in [0, 0.1) is 0 Å². The lowest BCUT2D eigenvalue weighted by Gasteiger charge is -2.10. The number of hydrogen-bond acceptors (Lipinski definition) is 5. The lowest BCUT2D eigenvalue weighted by Crippen LogP contribution is -2.19. The molecule has 1 heterocycles. The van der Waals surface area contributed by atoms with Gasteiger partial charge in [0.2, 0.25) is 5.88 Å². The van der Waals surface area contributed by atoms with Crippen LogP contribution in [0.1, 0.15) is 6.92 Å². The first-order valence-corrected chi connectivity index (χ1v) is 8.59. The van der Waals surface area contributed by atoms with Gasteiger partial charge in [0.15, 0.2) is 6.61 Å². The summed E-state index contributed by atoms with van der Waals surface area (Å²) in [5.74, 6) is 0.274. The molecule has 136 valence electrons. The van der Waals surface area contributed by atoms with E-state index in [1.165, 1.54) is 30.3 Å². The van der Waals surface area contributed by atoms with Crippen LogP contribution in [0.5, 0.6) is 11.6 Å². The van der Waals surface area contributed by atoms with E-state index < -0.39 is 22.8 Å². The highest BCUT2D eigenvalue weighted by Crippen LogP contribution is 2.21. The van der Waals surface area contributed by atoms with Gasteiger partial charge < -0.3 is 9.47 Å². The SMILES string of the molecule is CCOc1ccc(S(=O)(=O)Nc2ccc(OCC(F)(F)F)nc2)cc1. The van der Waals surface area contributed by atoms with Crippen LogP contribution in [0.3, 0.4) is 0 Å². The molecule has 0 atom stereocenters. The fourth-order valence-electron chi connectivity index (χ4n) is 1.78. The van der Waals surface area contributed by atoms with Gasteiger partial charge in [-0.15, -0.1) is 0 Å². The Morgan fingerprint density at radius 2 is 1.76 bits per heavy atom. The maximum absolute atomic E-state index is 12.3. The maximum atomic E-state index is 12.3. The summed E-state index contributed by atoms with van der Waals surface area (Å²) >= 11 is 0. The molecule has 0 radical (unpaired) electrons. The fraction of sp³-hybridized carbons (Fsp3) is 0.267. The minimum atomic E-state index is -4.48. The average molecular weight is 376 g/mol. The molecule has 0 bridgehead atoms. The molecule has 6 nitrogen and oxygen atoms in total. The van der Waals surface area contributed by atoms with E-state index >= 15 is 0 Å². The third kappa shape index (κ3) is 5.82. The number of hydrogen-bond donors (Lipinski definition) is 1. The van der Waals surface area contributed by atoms with E-state index in [1.807, 2.05) is 0 Å². The van der Waals surface area contributed by atoms with Crippen LogP contribution in [-0.4, -0.2) is 32.8 Å². The molecule has 1 N–H and O–H groups in total. The summed E-state index contributed by atoms with van der Waals surface area (Å²) in [6.07, 6.45) is -3.41. The summed E-state index contributed by atoms with van der Waals surface area (Å²) in [4.78, 5) is 3.64. The zero-order valence-corrected chi connectivity index (χ0v) is 13.9. The Labute approximate surface area is 142 Å². The largest absolute Gasteiger partial charge is 0.494 e. The molecule has 25 heavy (non-hydrogen) atoms. The molecule has 10 heteroatoms. The van der Waals surface area contributed by atoms with Crippen LogP contribution in [0.25, 0.3) is 0 Å². The number of ether oxygens (including phenoxy) is 2. The van der Waals surface area contributed by atoms with Crippen molar-refractivity contribution in [2.45, 2.75) is 18.0 Å². The van der Waals surface area contributed by atoms with E-state index in [4.69, 9.17) is 4.74 Å². The number of halogens is 3. The molecule has 0 saturated heterocycles. The lowest BCUT2D eigenvalue weighted by atomic mass is 10.3. The third-order valence-corrected chi connectivity index (χ3v) is 4.21. The van der Waals surface area contributed by atoms with Crippen molar-refractivity contribution in [3.63, 3.8) is 0 Å². The summed E-state index contributed by atoms with van der Waals surface area (Å²) in [7, 11) is -3.86. The van der Waals surface area contributed by atoms with Crippen LogP contribution >= 0.6 is 0 Å². The summed E-state index contributed by atoms with van der Waals surface area (Å²) < 4.78 is 72.6. The van der Waals surface area contributed by atoms with Gasteiger partial charge in [-0.1, -0.05) is 0 Å². The van der Waals surface area contributed by atoms with Gasteiger partial charge in [0.05, 0.1) is 23.4 Å². The molecular weight excluding hydrogens is 361 g/mol. The van der Waals surface area contributed by atoms with E-state index in [9.17, 15) is 21.6 Å². The second-order valence-electron chi connectivity index (χ2n) is 4.80. The van der Waals surface area contributed by atoms with Crippen LogP contribution in [0.4, 0.5) is 18.9 Å². The van der Waals surface area contributed by atoms with E-state index in [2.05, 4.69) is 14.4 Å². The third-order valence-electron chi connectivity index (χ3n) is 2.82. The second kappa shape index (κ2) is 7.60. The van der Waals surface area contributed by atoms with Crippen LogP contribution in [0.15, 0.2) is 47.5 Å². The van der Waals surface area contributed by atoms with Crippen molar-refractivity contribution in [1.29, 1.82) is 0 Å². The topological polar surface area (TPSA) is 77.5 Å². The minimum Gasteiger partial charge on any atom is -0.494 e. The quantitative estimate of drug-likeness (QED) is 0.803. The Morgan fingerprint density at radius 3 is 2.28 bits per heavy atom. The molecule has 0 saturated carbocycles. The smallest absolute Gasteiger partial charge is 0.422 e. The van der Waals surface area contributed by atoms with Crippen LogP contribution in [0.2, 0.25) is 0 Å². The van der Waals surface area contributed by atoms with Crippen molar-refractivity contribution >= 4 is 15.7 Å². The Hall–Kier alpha value is -2.49. The highest BCUT2D eigenvalue weighted by molar-refractivity contribution is 7.92. The first kappa shape index (κ1) is 18.8. The average Bonchev–Trinajstić information content (AvgIpc) is 2.54. The van der Waals surface area contributed by atoms with Crippen molar-refractivity contribution in [1.82, 2.24) is 4.98 Å². The van der Waals surface area contributed by atoms with Gasteiger partial charge in [-0.3, -0.25) is 4.72 Å². The van der Waals surface area contributed by atoms with Gasteiger partial charge in [0.25, 0.3) is 10.0 Å². The molecule has 0 amide bonds. The van der Waals surface area contributed by atoms with E-state index in [-0.39, 0.29) is 16.5 Å². The second-order valence-corrected chi connectivity index (χ2v) is 6.48. The predicted octanol–water partition coefficient (Wildman–Crippen LogP) is 3.22. The number of sulfonamides is 1. The molecule has 0 fully saturated rings. The van der Waals surface area contributed by atoms with Gasteiger partial charge in [-0.2, -0.15) is 13.2 Å². The standard InChI is InChI=1S/C15H15F3N2O4S/c1-2-23-12-4-6-13(7-5-12)25(21,22)20-11-3-8-14(19-9-11)24-10-15(16,17)18/h3-9,20H,2,10H2,1H3. The number of anilines is 1. The molecule has 0 aliphatic heterocycles. The van der Waals surface area contributed by atoms with Crippen molar-refractivity contribution in [3.8, 4) is 11.6 Å². The number of benzene rings is 1.